The Balaban J connectivity index is 1.83. The highest BCUT2D eigenvalue weighted by atomic mass is 15.3. The number of hydrogen-bond acceptors (Lipinski definition) is 3. The highest BCUT2D eigenvalue weighted by Crippen LogP contribution is 2.15. The van der Waals surface area contributed by atoms with E-state index >= 15 is 0 Å². The molecule has 0 amide bonds. The molecule has 21 heavy (non-hydrogen) atoms. The zero-order valence-electron chi connectivity index (χ0n) is 12.6. The molecule has 0 saturated carbocycles. The molecule has 0 atom stereocenters. The molecular weight excluding hydrogens is 262 g/mol. The fraction of sp³-hybridized carbons (Fsp3) is 0.312. The molecule has 3 rings (SSSR count). The van der Waals surface area contributed by atoms with E-state index in [0.717, 1.165) is 35.7 Å². The van der Waals surface area contributed by atoms with E-state index in [4.69, 9.17) is 0 Å². The number of aromatic nitrogens is 5. The molecule has 0 radical (unpaired) electrons. The summed E-state index contributed by atoms with van der Waals surface area (Å²) in [5.41, 5.74) is 5.81. The van der Waals surface area contributed by atoms with Gasteiger partial charge in [-0.2, -0.15) is 5.10 Å². The van der Waals surface area contributed by atoms with Gasteiger partial charge in [0.1, 0.15) is 12.2 Å². The van der Waals surface area contributed by atoms with Gasteiger partial charge in [0, 0.05) is 17.8 Å². The Bertz CT molecular complexity index is 734. The van der Waals surface area contributed by atoms with Crippen molar-refractivity contribution in [3.05, 3.63) is 58.9 Å². The standard InChI is InChI=1S/C16H19N5/c1-11-5-4-6-14(9-11)21-10-17-20-16(21)8-7-15-12(2)18-19-13(15)3/h4-6,9-10H,7-8H2,1-3H3,(H,18,19). The van der Waals surface area contributed by atoms with Gasteiger partial charge < -0.3 is 0 Å². The number of aryl methyl sites for hydroxylation is 4. The van der Waals surface area contributed by atoms with Crippen LogP contribution in [-0.2, 0) is 12.8 Å². The summed E-state index contributed by atoms with van der Waals surface area (Å²) in [6.07, 6.45) is 3.53. The minimum Gasteiger partial charge on any atom is -0.286 e. The van der Waals surface area contributed by atoms with Crippen LogP contribution in [0.2, 0.25) is 0 Å². The molecule has 1 N–H and O–H groups in total. The molecule has 1 aromatic carbocycles. The van der Waals surface area contributed by atoms with Crippen molar-refractivity contribution in [1.82, 2.24) is 25.0 Å². The van der Waals surface area contributed by atoms with E-state index < -0.39 is 0 Å². The molecule has 2 aromatic heterocycles. The van der Waals surface area contributed by atoms with Gasteiger partial charge in [-0.25, -0.2) is 0 Å². The third-order valence-corrected chi connectivity index (χ3v) is 3.78. The lowest BCUT2D eigenvalue weighted by atomic mass is 10.1. The molecule has 0 spiro atoms. The molecular formula is C16H19N5. The molecule has 5 heteroatoms. The van der Waals surface area contributed by atoms with Crippen molar-refractivity contribution in [2.75, 3.05) is 0 Å². The van der Waals surface area contributed by atoms with Gasteiger partial charge in [0.15, 0.2) is 0 Å². The first kappa shape index (κ1) is 13.5. The fourth-order valence-corrected chi connectivity index (χ4v) is 2.60. The second-order valence-electron chi connectivity index (χ2n) is 5.37. The van der Waals surface area contributed by atoms with Crippen LogP contribution < -0.4 is 0 Å². The Labute approximate surface area is 124 Å². The van der Waals surface area contributed by atoms with Gasteiger partial charge in [-0.1, -0.05) is 12.1 Å². The number of H-pyrrole nitrogens is 1. The van der Waals surface area contributed by atoms with Crippen molar-refractivity contribution >= 4 is 0 Å². The van der Waals surface area contributed by atoms with E-state index in [1.807, 2.05) is 6.92 Å². The third kappa shape index (κ3) is 2.72. The zero-order valence-corrected chi connectivity index (χ0v) is 12.6. The minimum absolute atomic E-state index is 0.842. The van der Waals surface area contributed by atoms with Gasteiger partial charge in [-0.15, -0.1) is 10.2 Å². The summed E-state index contributed by atoms with van der Waals surface area (Å²) >= 11 is 0. The summed E-state index contributed by atoms with van der Waals surface area (Å²) in [6.45, 7) is 6.18. The van der Waals surface area contributed by atoms with Crippen LogP contribution in [0.5, 0.6) is 0 Å². The fourth-order valence-electron chi connectivity index (χ4n) is 2.60. The number of benzene rings is 1. The van der Waals surface area contributed by atoms with E-state index in [1.165, 1.54) is 11.1 Å². The van der Waals surface area contributed by atoms with Crippen molar-refractivity contribution in [2.45, 2.75) is 33.6 Å². The van der Waals surface area contributed by atoms with Crippen molar-refractivity contribution in [1.29, 1.82) is 0 Å². The Kier molecular flexibility index (Phi) is 3.56. The minimum atomic E-state index is 0.842. The summed E-state index contributed by atoms with van der Waals surface area (Å²) in [7, 11) is 0. The van der Waals surface area contributed by atoms with Gasteiger partial charge in [0.05, 0.1) is 5.69 Å². The molecule has 5 nitrogen and oxygen atoms in total. The highest BCUT2D eigenvalue weighted by Gasteiger charge is 2.10. The molecule has 0 bridgehead atoms. The first-order valence-corrected chi connectivity index (χ1v) is 7.11. The molecule has 0 saturated heterocycles. The molecule has 0 unspecified atom stereocenters. The lowest BCUT2D eigenvalue weighted by Crippen LogP contribution is -2.03. The second kappa shape index (κ2) is 5.52. The van der Waals surface area contributed by atoms with E-state index in [-0.39, 0.29) is 0 Å². The van der Waals surface area contributed by atoms with Crippen LogP contribution in [0.3, 0.4) is 0 Å². The monoisotopic (exact) mass is 281 g/mol. The summed E-state index contributed by atoms with van der Waals surface area (Å²) < 4.78 is 2.05. The van der Waals surface area contributed by atoms with Crippen molar-refractivity contribution in [3.8, 4) is 5.69 Å². The van der Waals surface area contributed by atoms with Crippen LogP contribution in [0, 0.1) is 20.8 Å². The van der Waals surface area contributed by atoms with Crippen LogP contribution >= 0.6 is 0 Å². The van der Waals surface area contributed by atoms with Crippen LogP contribution in [0.25, 0.3) is 5.69 Å². The predicted molar refractivity (Wildman–Crippen MR) is 81.6 cm³/mol. The van der Waals surface area contributed by atoms with Crippen LogP contribution in [0.15, 0.2) is 30.6 Å². The molecule has 0 aliphatic heterocycles. The van der Waals surface area contributed by atoms with Crippen molar-refractivity contribution < 1.29 is 0 Å². The second-order valence-corrected chi connectivity index (χ2v) is 5.37. The summed E-state index contributed by atoms with van der Waals surface area (Å²) in [6, 6.07) is 8.36. The smallest absolute Gasteiger partial charge is 0.137 e. The lowest BCUT2D eigenvalue weighted by molar-refractivity contribution is 0.815. The van der Waals surface area contributed by atoms with Gasteiger partial charge in [-0.05, 0) is 50.5 Å². The summed E-state index contributed by atoms with van der Waals surface area (Å²) in [5, 5.41) is 15.6. The van der Waals surface area contributed by atoms with Gasteiger partial charge >= 0.3 is 0 Å². The molecule has 108 valence electrons. The van der Waals surface area contributed by atoms with E-state index in [1.54, 1.807) is 6.33 Å². The Morgan fingerprint density at radius 1 is 1.14 bits per heavy atom. The molecule has 0 aliphatic carbocycles. The summed E-state index contributed by atoms with van der Waals surface area (Å²) in [4.78, 5) is 0. The van der Waals surface area contributed by atoms with Crippen LogP contribution in [0.1, 0.15) is 28.3 Å². The maximum Gasteiger partial charge on any atom is 0.137 e. The SMILES string of the molecule is Cc1cccc(-n2cnnc2CCc2c(C)n[nH]c2C)c1. The lowest BCUT2D eigenvalue weighted by Gasteiger charge is -2.07. The van der Waals surface area contributed by atoms with Crippen LogP contribution in [0.4, 0.5) is 0 Å². The Morgan fingerprint density at radius 2 is 2.00 bits per heavy atom. The largest absolute Gasteiger partial charge is 0.286 e. The third-order valence-electron chi connectivity index (χ3n) is 3.78. The predicted octanol–water partition coefficient (Wildman–Crippen LogP) is 2.70. The first-order chi connectivity index (χ1) is 10.1. The van der Waals surface area contributed by atoms with Gasteiger partial charge in [-0.3, -0.25) is 9.67 Å². The Hall–Kier alpha value is -2.43. The number of nitrogens with one attached hydrogen (secondary N) is 1. The van der Waals surface area contributed by atoms with Crippen molar-refractivity contribution in [2.24, 2.45) is 0 Å². The average Bonchev–Trinajstić information content (AvgIpc) is 3.05. The van der Waals surface area contributed by atoms with Crippen LogP contribution in [-0.4, -0.2) is 25.0 Å². The Morgan fingerprint density at radius 3 is 2.71 bits per heavy atom. The topological polar surface area (TPSA) is 59.4 Å². The van der Waals surface area contributed by atoms with Gasteiger partial charge in [0.2, 0.25) is 0 Å². The van der Waals surface area contributed by atoms with Crippen molar-refractivity contribution in [3.63, 3.8) is 0 Å². The first-order valence-electron chi connectivity index (χ1n) is 7.11. The van der Waals surface area contributed by atoms with E-state index in [9.17, 15) is 0 Å². The average molecular weight is 281 g/mol. The van der Waals surface area contributed by atoms with E-state index in [2.05, 4.69) is 63.1 Å². The normalized spacial score (nSPS) is 11.0. The quantitative estimate of drug-likeness (QED) is 0.800. The maximum atomic E-state index is 4.26. The molecule has 3 aromatic rings. The zero-order chi connectivity index (χ0) is 14.8. The number of hydrogen-bond donors (Lipinski definition) is 1. The maximum absolute atomic E-state index is 4.26. The molecule has 2 heterocycles. The van der Waals surface area contributed by atoms with Gasteiger partial charge in [0.25, 0.3) is 0 Å². The summed E-state index contributed by atoms with van der Waals surface area (Å²) in [5.74, 6) is 0.973. The number of rotatable bonds is 4. The van der Waals surface area contributed by atoms with E-state index in [0.29, 0.717) is 0 Å². The highest BCUT2D eigenvalue weighted by molar-refractivity contribution is 5.36. The molecule has 0 fully saturated rings. The number of nitrogens with zero attached hydrogens (tertiary/aromatic N) is 4. The number of aromatic amines is 1. The molecule has 0 aliphatic rings.